The fourth-order valence-corrected chi connectivity index (χ4v) is 3.13. The van der Waals surface area contributed by atoms with Crippen LogP contribution in [0.4, 0.5) is 5.69 Å². The minimum absolute atomic E-state index is 0. The number of piperazine rings is 1. The number of unbranched alkanes of at least 4 members (excludes halogenated alkanes) is 1. The molecule has 0 unspecified atom stereocenters. The van der Waals surface area contributed by atoms with Crippen molar-refractivity contribution in [3.63, 3.8) is 0 Å². The summed E-state index contributed by atoms with van der Waals surface area (Å²) in [4.78, 5) is 9.33. The number of aliphatic imine (C=N–C) groups is 1. The number of nitrogens with one attached hydrogen (secondary N) is 2. The van der Waals surface area contributed by atoms with Gasteiger partial charge in [0.05, 0.1) is 5.60 Å². The van der Waals surface area contributed by atoms with Crippen molar-refractivity contribution in [2.24, 2.45) is 4.99 Å². The highest BCUT2D eigenvalue weighted by atomic mass is 127. The van der Waals surface area contributed by atoms with Gasteiger partial charge < -0.3 is 20.3 Å². The molecule has 28 heavy (non-hydrogen) atoms. The molecule has 0 amide bonds. The first kappa shape index (κ1) is 25.0. The van der Waals surface area contributed by atoms with Gasteiger partial charge in [0.2, 0.25) is 0 Å². The standard InChI is InChI=1S/C21H37N5O.HI/c1-21(2,27-4)18-24-20(22-3)23-12-8-9-13-25-14-16-26(17-15-25)19-10-6-5-7-11-19;/h5-7,10-11H,8-9,12-18H2,1-4H3,(H2,22,23,24);1H. The molecule has 2 N–H and O–H groups in total. The van der Waals surface area contributed by atoms with E-state index in [1.165, 1.54) is 18.7 Å². The Morgan fingerprint density at radius 3 is 2.36 bits per heavy atom. The van der Waals surface area contributed by atoms with Crippen LogP contribution in [0.5, 0.6) is 0 Å². The molecular weight excluding hydrogens is 465 g/mol. The summed E-state index contributed by atoms with van der Waals surface area (Å²) < 4.78 is 5.42. The molecule has 1 aromatic carbocycles. The van der Waals surface area contributed by atoms with Gasteiger partial charge in [-0.2, -0.15) is 0 Å². The Morgan fingerprint density at radius 2 is 1.75 bits per heavy atom. The van der Waals surface area contributed by atoms with E-state index < -0.39 is 0 Å². The highest BCUT2D eigenvalue weighted by Crippen LogP contribution is 2.15. The normalized spacial score (nSPS) is 15.9. The van der Waals surface area contributed by atoms with E-state index in [9.17, 15) is 0 Å². The number of rotatable bonds is 9. The summed E-state index contributed by atoms with van der Waals surface area (Å²) >= 11 is 0. The minimum Gasteiger partial charge on any atom is -0.377 e. The molecule has 1 aliphatic rings. The maximum Gasteiger partial charge on any atom is 0.191 e. The van der Waals surface area contributed by atoms with Crippen LogP contribution in [0.1, 0.15) is 26.7 Å². The summed E-state index contributed by atoms with van der Waals surface area (Å²) in [6.07, 6.45) is 2.35. The number of hydrogen-bond donors (Lipinski definition) is 2. The summed E-state index contributed by atoms with van der Waals surface area (Å²) in [5.74, 6) is 0.844. The van der Waals surface area contributed by atoms with Gasteiger partial charge in [0, 0.05) is 59.1 Å². The smallest absolute Gasteiger partial charge is 0.191 e. The van der Waals surface area contributed by atoms with Crippen LogP contribution in [0.25, 0.3) is 0 Å². The summed E-state index contributed by atoms with van der Waals surface area (Å²) in [6, 6.07) is 10.7. The molecule has 2 rings (SSSR count). The zero-order valence-electron chi connectivity index (χ0n) is 17.9. The summed E-state index contributed by atoms with van der Waals surface area (Å²) in [5.41, 5.74) is 1.15. The SMILES string of the molecule is CN=C(NCCCCN1CCN(c2ccccc2)CC1)NCC(C)(C)OC.I. The molecule has 1 aromatic rings. The second-order valence-electron chi connectivity index (χ2n) is 7.69. The zero-order chi connectivity index (χ0) is 19.5. The van der Waals surface area contributed by atoms with E-state index in [-0.39, 0.29) is 29.6 Å². The van der Waals surface area contributed by atoms with Gasteiger partial charge in [0.15, 0.2) is 5.96 Å². The van der Waals surface area contributed by atoms with Crippen molar-refractivity contribution in [1.82, 2.24) is 15.5 Å². The van der Waals surface area contributed by atoms with Crippen molar-refractivity contribution < 1.29 is 4.74 Å². The van der Waals surface area contributed by atoms with E-state index in [1.807, 2.05) is 0 Å². The average Bonchev–Trinajstić information content (AvgIpc) is 2.71. The van der Waals surface area contributed by atoms with Crippen molar-refractivity contribution in [3.8, 4) is 0 Å². The maximum absolute atomic E-state index is 5.42. The molecule has 1 heterocycles. The zero-order valence-corrected chi connectivity index (χ0v) is 20.2. The number of anilines is 1. The van der Waals surface area contributed by atoms with Crippen molar-refractivity contribution in [2.75, 3.05) is 64.9 Å². The monoisotopic (exact) mass is 503 g/mol. The van der Waals surface area contributed by atoms with Crippen LogP contribution in [0.2, 0.25) is 0 Å². The topological polar surface area (TPSA) is 52.1 Å². The van der Waals surface area contributed by atoms with Crippen LogP contribution in [-0.4, -0.2) is 76.4 Å². The lowest BCUT2D eigenvalue weighted by atomic mass is 10.1. The molecular formula is C21H38IN5O. The third kappa shape index (κ3) is 8.96. The molecule has 1 saturated heterocycles. The number of hydrogen-bond acceptors (Lipinski definition) is 4. The third-order valence-electron chi connectivity index (χ3n) is 5.14. The van der Waals surface area contributed by atoms with Crippen LogP contribution in [-0.2, 0) is 4.74 Å². The highest BCUT2D eigenvalue weighted by molar-refractivity contribution is 14.0. The molecule has 7 heteroatoms. The molecule has 1 fully saturated rings. The molecule has 0 spiro atoms. The Labute approximate surface area is 188 Å². The van der Waals surface area contributed by atoms with Crippen LogP contribution < -0.4 is 15.5 Å². The number of nitrogens with zero attached hydrogens (tertiary/aromatic N) is 3. The quantitative estimate of drug-likeness (QED) is 0.235. The van der Waals surface area contributed by atoms with Gasteiger partial charge in [-0.1, -0.05) is 18.2 Å². The van der Waals surface area contributed by atoms with E-state index >= 15 is 0 Å². The van der Waals surface area contributed by atoms with Gasteiger partial charge in [-0.25, -0.2) is 0 Å². The van der Waals surface area contributed by atoms with Gasteiger partial charge in [-0.05, 0) is 45.4 Å². The maximum atomic E-state index is 5.42. The van der Waals surface area contributed by atoms with E-state index in [4.69, 9.17) is 4.74 Å². The lowest BCUT2D eigenvalue weighted by Crippen LogP contribution is -2.47. The van der Waals surface area contributed by atoms with E-state index in [2.05, 4.69) is 69.6 Å². The molecule has 0 radical (unpaired) electrons. The Balaban J connectivity index is 0.00000392. The molecule has 1 aliphatic heterocycles. The first-order chi connectivity index (χ1) is 13.0. The van der Waals surface area contributed by atoms with Gasteiger partial charge in [0.25, 0.3) is 0 Å². The Hall–Kier alpha value is -1.06. The first-order valence-electron chi connectivity index (χ1n) is 10.1. The lowest BCUT2D eigenvalue weighted by molar-refractivity contribution is 0.0268. The number of guanidine groups is 1. The molecule has 0 aromatic heterocycles. The van der Waals surface area contributed by atoms with Crippen LogP contribution in [0.3, 0.4) is 0 Å². The first-order valence-corrected chi connectivity index (χ1v) is 10.1. The van der Waals surface area contributed by atoms with Crippen molar-refractivity contribution in [1.29, 1.82) is 0 Å². The van der Waals surface area contributed by atoms with E-state index in [0.717, 1.165) is 51.6 Å². The number of methoxy groups -OCH3 is 1. The Kier molecular flexibility index (Phi) is 11.8. The molecule has 160 valence electrons. The van der Waals surface area contributed by atoms with Gasteiger partial charge in [-0.15, -0.1) is 24.0 Å². The molecule has 0 atom stereocenters. The fourth-order valence-electron chi connectivity index (χ4n) is 3.13. The predicted octanol–water partition coefficient (Wildman–Crippen LogP) is 2.80. The highest BCUT2D eigenvalue weighted by Gasteiger charge is 2.17. The molecule has 0 saturated carbocycles. The van der Waals surface area contributed by atoms with Crippen molar-refractivity contribution in [3.05, 3.63) is 30.3 Å². The van der Waals surface area contributed by atoms with Crippen molar-refractivity contribution >= 4 is 35.6 Å². The third-order valence-corrected chi connectivity index (χ3v) is 5.14. The molecule has 0 bridgehead atoms. The van der Waals surface area contributed by atoms with Gasteiger partial charge in [-0.3, -0.25) is 9.89 Å². The second kappa shape index (κ2) is 13.2. The second-order valence-corrected chi connectivity index (χ2v) is 7.69. The average molecular weight is 503 g/mol. The predicted molar refractivity (Wildman–Crippen MR) is 130 cm³/mol. The minimum atomic E-state index is -0.195. The molecule has 6 nitrogen and oxygen atoms in total. The van der Waals surface area contributed by atoms with E-state index in [0.29, 0.717) is 0 Å². The van der Waals surface area contributed by atoms with Crippen LogP contribution >= 0.6 is 24.0 Å². The Morgan fingerprint density at radius 1 is 1.07 bits per heavy atom. The number of halogens is 1. The summed E-state index contributed by atoms with van der Waals surface area (Å²) in [7, 11) is 3.54. The van der Waals surface area contributed by atoms with Gasteiger partial charge in [0.1, 0.15) is 0 Å². The summed E-state index contributed by atoms with van der Waals surface area (Å²) in [6.45, 7) is 11.5. The molecule has 0 aliphatic carbocycles. The van der Waals surface area contributed by atoms with E-state index in [1.54, 1.807) is 14.2 Å². The Bertz CT molecular complexity index is 559. The van der Waals surface area contributed by atoms with Crippen LogP contribution in [0, 0.1) is 0 Å². The number of benzene rings is 1. The van der Waals surface area contributed by atoms with Crippen molar-refractivity contribution in [2.45, 2.75) is 32.3 Å². The number of ether oxygens (including phenoxy) is 1. The lowest BCUT2D eigenvalue weighted by Gasteiger charge is -2.36. The van der Waals surface area contributed by atoms with Gasteiger partial charge >= 0.3 is 0 Å². The number of para-hydroxylation sites is 1. The largest absolute Gasteiger partial charge is 0.377 e. The van der Waals surface area contributed by atoms with Crippen LogP contribution in [0.15, 0.2) is 35.3 Å². The fraction of sp³-hybridized carbons (Fsp3) is 0.667. The summed E-state index contributed by atoms with van der Waals surface area (Å²) in [5, 5.41) is 6.71.